The van der Waals surface area contributed by atoms with Crippen LogP contribution in [0.3, 0.4) is 0 Å². The summed E-state index contributed by atoms with van der Waals surface area (Å²) in [6.45, 7) is 0.362. The summed E-state index contributed by atoms with van der Waals surface area (Å²) in [5.74, 6) is -3.38. The summed E-state index contributed by atoms with van der Waals surface area (Å²) in [5, 5.41) is 4.07. The van der Waals surface area contributed by atoms with E-state index in [2.05, 4.69) is 15.0 Å². The normalized spacial score (nSPS) is 11.7. The molecule has 0 saturated carbocycles. The molecule has 30 heavy (non-hydrogen) atoms. The van der Waals surface area contributed by atoms with Crippen molar-refractivity contribution < 1.29 is 21.6 Å². The number of benzene rings is 2. The van der Waals surface area contributed by atoms with Crippen molar-refractivity contribution in [2.75, 3.05) is 24.1 Å². The Morgan fingerprint density at radius 3 is 2.53 bits per heavy atom. The second kappa shape index (κ2) is 9.02. The molecule has 3 aromatic rings. The van der Waals surface area contributed by atoms with Gasteiger partial charge in [-0.15, -0.1) is 11.3 Å². The molecule has 0 aliphatic rings. The van der Waals surface area contributed by atoms with Gasteiger partial charge in [0.2, 0.25) is 0 Å². The highest BCUT2D eigenvalue weighted by Gasteiger charge is 2.24. The van der Waals surface area contributed by atoms with E-state index in [9.17, 15) is 21.6 Å². The van der Waals surface area contributed by atoms with Gasteiger partial charge in [0.15, 0.2) is 17.5 Å². The number of anilines is 2. The highest BCUT2D eigenvalue weighted by atomic mass is 32.2. The largest absolute Gasteiger partial charge is 0.378 e. The average Bonchev–Trinajstić information content (AvgIpc) is 3.16. The first-order valence-corrected chi connectivity index (χ1v) is 11.2. The minimum atomic E-state index is -4.36. The molecule has 2 aromatic carbocycles. The molecule has 0 amide bonds. The molecule has 1 heterocycles. The molecule has 0 saturated heterocycles. The maximum Gasteiger partial charge on any atom is 0.266 e. The number of sulfonamides is 1. The lowest BCUT2D eigenvalue weighted by molar-refractivity contribution is 0.399. The first-order chi connectivity index (χ1) is 14.2. The van der Waals surface area contributed by atoms with Gasteiger partial charge in [-0.2, -0.15) is 0 Å². The smallest absolute Gasteiger partial charge is 0.266 e. The minimum absolute atomic E-state index is 0.00924. The number of thiazole rings is 1. The fourth-order valence-electron chi connectivity index (χ4n) is 2.81. The van der Waals surface area contributed by atoms with Gasteiger partial charge >= 0.3 is 0 Å². The second-order valence-corrected chi connectivity index (χ2v) is 9.06. The molecule has 0 fully saturated rings. The van der Waals surface area contributed by atoms with Crippen molar-refractivity contribution in [1.82, 2.24) is 9.88 Å². The van der Waals surface area contributed by atoms with Gasteiger partial charge < -0.3 is 10.2 Å². The van der Waals surface area contributed by atoms with E-state index >= 15 is 0 Å². The van der Waals surface area contributed by atoms with Gasteiger partial charge in [0, 0.05) is 24.0 Å². The Balaban J connectivity index is 1.84. The Morgan fingerprint density at radius 2 is 1.87 bits per heavy atom. The van der Waals surface area contributed by atoms with Crippen LogP contribution < -0.4 is 10.0 Å². The van der Waals surface area contributed by atoms with Crippen LogP contribution in [0.25, 0.3) is 0 Å². The van der Waals surface area contributed by atoms with Crippen LogP contribution >= 0.6 is 11.3 Å². The van der Waals surface area contributed by atoms with Crippen molar-refractivity contribution >= 4 is 32.9 Å². The van der Waals surface area contributed by atoms with Crippen LogP contribution in [0.5, 0.6) is 0 Å². The van der Waals surface area contributed by atoms with Gasteiger partial charge in [-0.1, -0.05) is 12.1 Å². The van der Waals surface area contributed by atoms with E-state index < -0.39 is 32.4 Å². The Kier molecular flexibility index (Phi) is 6.64. The van der Waals surface area contributed by atoms with Crippen LogP contribution in [0.1, 0.15) is 11.1 Å². The number of aromatic nitrogens is 1. The lowest BCUT2D eigenvalue weighted by Crippen LogP contribution is -2.17. The lowest BCUT2D eigenvalue weighted by Gasteiger charge is -2.16. The molecule has 0 radical (unpaired) electrons. The third-order valence-corrected chi connectivity index (χ3v) is 6.12. The molecule has 1 aromatic heterocycles. The number of rotatable bonds is 8. The van der Waals surface area contributed by atoms with Crippen LogP contribution in [0.15, 0.2) is 46.1 Å². The van der Waals surface area contributed by atoms with Crippen molar-refractivity contribution in [2.45, 2.75) is 18.0 Å². The van der Waals surface area contributed by atoms with Crippen LogP contribution in [-0.4, -0.2) is 32.4 Å². The monoisotopic (exact) mass is 456 g/mol. The van der Waals surface area contributed by atoms with Crippen molar-refractivity contribution in [1.29, 1.82) is 0 Å². The zero-order chi connectivity index (χ0) is 21.9. The van der Waals surface area contributed by atoms with Crippen LogP contribution in [-0.2, 0) is 23.1 Å². The van der Waals surface area contributed by atoms with Crippen molar-refractivity contribution in [3.63, 3.8) is 0 Å². The number of hydrogen-bond donors (Lipinski definition) is 2. The van der Waals surface area contributed by atoms with Crippen molar-refractivity contribution in [3.05, 3.63) is 69.8 Å². The molecule has 0 aliphatic carbocycles. The summed E-state index contributed by atoms with van der Waals surface area (Å²) in [5.41, 5.74) is 2.13. The summed E-state index contributed by atoms with van der Waals surface area (Å²) in [6.07, 6.45) is 0. The average molecular weight is 457 g/mol. The van der Waals surface area contributed by atoms with E-state index in [1.165, 1.54) is 17.0 Å². The molecule has 0 bridgehead atoms. The maximum absolute atomic E-state index is 14.5. The highest BCUT2D eigenvalue weighted by Crippen LogP contribution is 2.26. The summed E-state index contributed by atoms with van der Waals surface area (Å²) >= 11 is 1.15. The van der Waals surface area contributed by atoms with Gasteiger partial charge in [0.1, 0.15) is 10.7 Å². The predicted molar refractivity (Wildman–Crippen MR) is 110 cm³/mol. The van der Waals surface area contributed by atoms with Gasteiger partial charge in [0.05, 0.1) is 11.2 Å². The molecule has 3 rings (SSSR count). The van der Waals surface area contributed by atoms with Crippen LogP contribution in [0, 0.1) is 17.5 Å². The van der Waals surface area contributed by atoms with E-state index in [1.807, 2.05) is 19.0 Å². The number of nitrogens with zero attached hydrogens (tertiary/aromatic N) is 2. The van der Waals surface area contributed by atoms with E-state index in [1.54, 1.807) is 12.1 Å². The minimum Gasteiger partial charge on any atom is -0.378 e. The SMILES string of the molecule is CN(C)Cc1cccc(F)c1CNc1ccc(S(=O)(=O)Nc2cscn2)c(F)c1F. The Labute approximate surface area is 176 Å². The first-order valence-electron chi connectivity index (χ1n) is 8.73. The Bertz CT molecular complexity index is 1140. The predicted octanol–water partition coefficient (Wildman–Crippen LogP) is 4.03. The molecular weight excluding hydrogens is 437 g/mol. The molecule has 0 spiro atoms. The maximum atomic E-state index is 14.5. The summed E-state index contributed by atoms with van der Waals surface area (Å²) in [6, 6.07) is 6.65. The molecule has 0 atom stereocenters. The van der Waals surface area contributed by atoms with E-state index in [0.717, 1.165) is 23.5 Å². The molecule has 160 valence electrons. The van der Waals surface area contributed by atoms with Gasteiger partial charge in [-0.25, -0.2) is 26.6 Å². The molecular formula is C19H19F3N4O2S2. The van der Waals surface area contributed by atoms with Crippen LogP contribution in [0.2, 0.25) is 0 Å². The lowest BCUT2D eigenvalue weighted by atomic mass is 10.1. The molecule has 0 unspecified atom stereocenters. The van der Waals surface area contributed by atoms with Crippen molar-refractivity contribution in [3.8, 4) is 0 Å². The second-order valence-electron chi connectivity index (χ2n) is 6.69. The molecule has 0 aliphatic heterocycles. The third kappa shape index (κ3) is 4.91. The topological polar surface area (TPSA) is 74.3 Å². The molecule has 6 nitrogen and oxygen atoms in total. The fourth-order valence-corrected chi connectivity index (χ4v) is 4.43. The molecule has 2 N–H and O–H groups in total. The van der Waals surface area contributed by atoms with Crippen LogP contribution in [0.4, 0.5) is 24.7 Å². The zero-order valence-electron chi connectivity index (χ0n) is 16.1. The molecule has 11 heteroatoms. The number of nitrogens with one attached hydrogen (secondary N) is 2. The summed E-state index contributed by atoms with van der Waals surface area (Å²) < 4.78 is 70.1. The third-order valence-electron chi connectivity index (χ3n) is 4.17. The van der Waals surface area contributed by atoms with Gasteiger partial charge in [-0.3, -0.25) is 4.72 Å². The standard InChI is InChI=1S/C19H19F3N4O2S2/c1-26(2)9-12-4-3-5-14(20)13(12)8-23-15-6-7-16(19(22)18(15)21)30(27,28)25-17-10-29-11-24-17/h3-7,10-11,23,25H,8-9H2,1-2H3. The Hall–Kier alpha value is -2.63. The van der Waals surface area contributed by atoms with E-state index in [-0.39, 0.29) is 18.1 Å². The van der Waals surface area contributed by atoms with Crippen molar-refractivity contribution in [2.24, 2.45) is 0 Å². The quantitative estimate of drug-likeness (QED) is 0.535. The summed E-state index contributed by atoms with van der Waals surface area (Å²) in [7, 11) is -0.703. The summed E-state index contributed by atoms with van der Waals surface area (Å²) in [4.78, 5) is 4.76. The van der Waals surface area contributed by atoms with E-state index in [0.29, 0.717) is 17.7 Å². The first kappa shape index (κ1) is 22.1. The highest BCUT2D eigenvalue weighted by molar-refractivity contribution is 7.92. The zero-order valence-corrected chi connectivity index (χ0v) is 17.7. The number of halogens is 3. The van der Waals surface area contributed by atoms with Gasteiger partial charge in [0.25, 0.3) is 10.0 Å². The fraction of sp³-hybridized carbons (Fsp3) is 0.211. The van der Waals surface area contributed by atoms with Gasteiger partial charge in [-0.05, 0) is 37.9 Å². The Morgan fingerprint density at radius 1 is 1.10 bits per heavy atom. The van der Waals surface area contributed by atoms with E-state index in [4.69, 9.17) is 0 Å². The number of hydrogen-bond acceptors (Lipinski definition) is 6.